The SMILES string of the molecule is COCCN1CCC[C@@]2(CCN(C(=O)Cc3nonc3C)C2)C1=O. The van der Waals surface area contributed by atoms with Gasteiger partial charge in [0.15, 0.2) is 0 Å². The Labute approximate surface area is 141 Å². The van der Waals surface area contributed by atoms with Crippen molar-refractivity contribution in [2.45, 2.75) is 32.6 Å². The van der Waals surface area contributed by atoms with Crippen LogP contribution in [0.5, 0.6) is 0 Å². The zero-order valence-corrected chi connectivity index (χ0v) is 14.3. The fourth-order valence-corrected chi connectivity index (χ4v) is 3.70. The van der Waals surface area contributed by atoms with Crippen molar-refractivity contribution in [2.75, 3.05) is 39.9 Å². The van der Waals surface area contributed by atoms with Gasteiger partial charge in [0.1, 0.15) is 11.4 Å². The van der Waals surface area contributed by atoms with Crippen LogP contribution >= 0.6 is 0 Å². The Hall–Kier alpha value is -1.96. The molecule has 1 aromatic rings. The molecule has 132 valence electrons. The standard InChI is InChI=1S/C16H24N4O4/c1-12-13(18-24-17-12)10-14(21)20-7-5-16(11-20)4-3-6-19(15(16)22)8-9-23-2/h3-11H2,1-2H3/t16-/m0/s1. The highest BCUT2D eigenvalue weighted by molar-refractivity contribution is 5.86. The Kier molecular flexibility index (Phi) is 4.84. The second-order valence-electron chi connectivity index (χ2n) is 6.71. The van der Waals surface area contributed by atoms with E-state index in [2.05, 4.69) is 14.9 Å². The van der Waals surface area contributed by atoms with Crippen LogP contribution in [0.3, 0.4) is 0 Å². The summed E-state index contributed by atoms with van der Waals surface area (Å²) in [6.45, 7) is 4.83. The largest absolute Gasteiger partial charge is 0.383 e. The summed E-state index contributed by atoms with van der Waals surface area (Å²) in [6, 6.07) is 0. The third kappa shape index (κ3) is 3.15. The first-order valence-corrected chi connectivity index (χ1v) is 8.40. The number of rotatable bonds is 5. The van der Waals surface area contributed by atoms with Gasteiger partial charge in [-0.15, -0.1) is 0 Å². The molecule has 0 radical (unpaired) electrons. The number of methoxy groups -OCH3 is 1. The molecule has 2 amide bonds. The molecular weight excluding hydrogens is 312 g/mol. The van der Waals surface area contributed by atoms with E-state index in [0.717, 1.165) is 25.8 Å². The van der Waals surface area contributed by atoms with Crippen LogP contribution in [0, 0.1) is 12.3 Å². The molecule has 1 aromatic heterocycles. The van der Waals surface area contributed by atoms with E-state index < -0.39 is 5.41 Å². The quantitative estimate of drug-likeness (QED) is 0.774. The first-order valence-electron chi connectivity index (χ1n) is 8.40. The number of aromatic nitrogens is 2. The van der Waals surface area contributed by atoms with Gasteiger partial charge >= 0.3 is 0 Å². The number of hydrogen-bond acceptors (Lipinski definition) is 6. The van der Waals surface area contributed by atoms with Gasteiger partial charge in [-0.3, -0.25) is 9.59 Å². The van der Waals surface area contributed by atoms with E-state index in [1.165, 1.54) is 0 Å². The van der Waals surface area contributed by atoms with Gasteiger partial charge in [0.2, 0.25) is 11.8 Å². The minimum absolute atomic E-state index is 0.0208. The molecule has 0 aromatic carbocycles. The minimum Gasteiger partial charge on any atom is -0.383 e. The Bertz CT molecular complexity index is 617. The van der Waals surface area contributed by atoms with Crippen molar-refractivity contribution in [3.05, 3.63) is 11.4 Å². The number of piperidine rings is 1. The number of ether oxygens (including phenoxy) is 1. The van der Waals surface area contributed by atoms with Crippen molar-refractivity contribution in [2.24, 2.45) is 5.41 Å². The first-order chi connectivity index (χ1) is 11.6. The van der Waals surface area contributed by atoms with E-state index in [-0.39, 0.29) is 18.2 Å². The summed E-state index contributed by atoms with van der Waals surface area (Å²) in [5.41, 5.74) is 0.785. The fraction of sp³-hybridized carbons (Fsp3) is 0.750. The lowest BCUT2D eigenvalue weighted by Crippen LogP contribution is -2.51. The number of carbonyl (C=O) groups is 2. The van der Waals surface area contributed by atoms with Gasteiger partial charge < -0.3 is 14.5 Å². The van der Waals surface area contributed by atoms with E-state index in [1.54, 1.807) is 18.9 Å². The average Bonchev–Trinajstić information content (AvgIpc) is 3.17. The van der Waals surface area contributed by atoms with Crippen LogP contribution in [-0.2, 0) is 20.7 Å². The van der Waals surface area contributed by atoms with E-state index in [1.807, 2.05) is 4.90 Å². The molecule has 3 rings (SSSR count). The maximum absolute atomic E-state index is 12.9. The van der Waals surface area contributed by atoms with Gasteiger partial charge in [-0.05, 0) is 26.2 Å². The van der Waals surface area contributed by atoms with Crippen molar-refractivity contribution < 1.29 is 19.0 Å². The molecule has 2 aliphatic heterocycles. The van der Waals surface area contributed by atoms with Crippen molar-refractivity contribution >= 4 is 11.8 Å². The van der Waals surface area contributed by atoms with Gasteiger partial charge in [0.25, 0.3) is 0 Å². The third-order valence-corrected chi connectivity index (χ3v) is 5.16. The van der Waals surface area contributed by atoms with Crippen molar-refractivity contribution in [3.8, 4) is 0 Å². The molecule has 0 unspecified atom stereocenters. The third-order valence-electron chi connectivity index (χ3n) is 5.16. The molecule has 0 bridgehead atoms. The summed E-state index contributed by atoms with van der Waals surface area (Å²) in [4.78, 5) is 29.1. The van der Waals surface area contributed by atoms with Crippen molar-refractivity contribution in [3.63, 3.8) is 0 Å². The summed E-state index contributed by atoms with van der Waals surface area (Å²) in [5.74, 6) is 0.146. The topological polar surface area (TPSA) is 88.8 Å². The first kappa shape index (κ1) is 16.9. The van der Waals surface area contributed by atoms with E-state index in [0.29, 0.717) is 37.6 Å². The average molecular weight is 336 g/mol. The predicted molar refractivity (Wildman–Crippen MR) is 84.1 cm³/mol. The molecule has 2 fully saturated rings. The molecule has 1 spiro atoms. The molecule has 2 saturated heterocycles. The zero-order valence-electron chi connectivity index (χ0n) is 14.3. The van der Waals surface area contributed by atoms with E-state index in [4.69, 9.17) is 4.74 Å². The molecule has 0 saturated carbocycles. The smallest absolute Gasteiger partial charge is 0.230 e. The molecule has 8 heteroatoms. The lowest BCUT2D eigenvalue weighted by molar-refractivity contribution is -0.146. The van der Waals surface area contributed by atoms with Crippen molar-refractivity contribution in [1.29, 1.82) is 0 Å². The van der Waals surface area contributed by atoms with Crippen LogP contribution < -0.4 is 0 Å². The number of carbonyl (C=O) groups excluding carboxylic acids is 2. The van der Waals surface area contributed by atoms with Gasteiger partial charge in [-0.2, -0.15) is 0 Å². The highest BCUT2D eigenvalue weighted by atomic mass is 16.6. The van der Waals surface area contributed by atoms with Crippen LogP contribution in [0.2, 0.25) is 0 Å². The van der Waals surface area contributed by atoms with Crippen LogP contribution in [-0.4, -0.2) is 71.8 Å². The van der Waals surface area contributed by atoms with Gasteiger partial charge in [0, 0.05) is 33.3 Å². The highest BCUT2D eigenvalue weighted by Gasteiger charge is 2.49. The molecule has 2 aliphatic rings. The fourth-order valence-electron chi connectivity index (χ4n) is 3.70. The highest BCUT2D eigenvalue weighted by Crippen LogP contribution is 2.40. The lowest BCUT2D eigenvalue weighted by atomic mass is 9.78. The van der Waals surface area contributed by atoms with Crippen molar-refractivity contribution in [1.82, 2.24) is 20.1 Å². The number of nitrogens with zero attached hydrogens (tertiary/aromatic N) is 4. The molecule has 3 heterocycles. The molecule has 8 nitrogen and oxygen atoms in total. The summed E-state index contributed by atoms with van der Waals surface area (Å²) in [6.07, 6.45) is 2.73. The van der Waals surface area contributed by atoms with Gasteiger partial charge in [-0.1, -0.05) is 10.3 Å². The molecule has 0 N–H and O–H groups in total. The predicted octanol–water partition coefficient (Wildman–Crippen LogP) is 0.408. The second kappa shape index (κ2) is 6.88. The van der Waals surface area contributed by atoms with Crippen LogP contribution in [0.4, 0.5) is 0 Å². The normalized spacial score (nSPS) is 24.2. The monoisotopic (exact) mass is 336 g/mol. The summed E-state index contributed by atoms with van der Waals surface area (Å²) < 4.78 is 9.74. The van der Waals surface area contributed by atoms with Gasteiger partial charge in [-0.25, -0.2) is 4.63 Å². The van der Waals surface area contributed by atoms with Crippen LogP contribution in [0.15, 0.2) is 4.63 Å². The number of likely N-dealkylation sites (tertiary alicyclic amines) is 2. The molecular formula is C16H24N4O4. The Morgan fingerprint density at radius 2 is 2.17 bits per heavy atom. The van der Waals surface area contributed by atoms with E-state index >= 15 is 0 Å². The summed E-state index contributed by atoms with van der Waals surface area (Å²) >= 11 is 0. The second-order valence-corrected chi connectivity index (χ2v) is 6.71. The lowest BCUT2D eigenvalue weighted by Gasteiger charge is -2.39. The number of aryl methyl sites for hydroxylation is 1. The molecule has 1 atom stereocenters. The maximum Gasteiger partial charge on any atom is 0.230 e. The molecule has 24 heavy (non-hydrogen) atoms. The Morgan fingerprint density at radius 1 is 1.33 bits per heavy atom. The molecule has 0 aliphatic carbocycles. The minimum atomic E-state index is -0.418. The Balaban J connectivity index is 1.64. The van der Waals surface area contributed by atoms with Crippen LogP contribution in [0.25, 0.3) is 0 Å². The number of hydrogen-bond donors (Lipinski definition) is 0. The summed E-state index contributed by atoms with van der Waals surface area (Å²) in [5, 5.41) is 7.47. The zero-order chi connectivity index (χ0) is 17.2. The van der Waals surface area contributed by atoms with Crippen LogP contribution in [0.1, 0.15) is 30.7 Å². The van der Waals surface area contributed by atoms with E-state index in [9.17, 15) is 9.59 Å². The Morgan fingerprint density at radius 3 is 2.88 bits per heavy atom. The van der Waals surface area contributed by atoms with Gasteiger partial charge in [0.05, 0.1) is 18.4 Å². The summed E-state index contributed by atoms with van der Waals surface area (Å²) in [7, 11) is 1.64. The number of amides is 2. The maximum atomic E-state index is 12.9.